The molecule has 0 aromatic heterocycles. The Morgan fingerprint density at radius 3 is 2.88 bits per heavy atom. The molecular formula is C13H19NO2. The Morgan fingerprint density at radius 2 is 2.25 bits per heavy atom. The molecule has 3 aliphatic carbocycles. The van der Waals surface area contributed by atoms with Gasteiger partial charge in [0.2, 0.25) is 0 Å². The molecule has 0 aliphatic heterocycles. The molecule has 3 nitrogen and oxygen atoms in total. The summed E-state index contributed by atoms with van der Waals surface area (Å²) < 4.78 is 0. The molecule has 0 amide bonds. The van der Waals surface area contributed by atoms with Crippen LogP contribution in [-0.4, -0.2) is 17.6 Å². The molecule has 0 spiro atoms. The van der Waals surface area contributed by atoms with Crippen LogP contribution in [0, 0.1) is 29.1 Å². The van der Waals surface area contributed by atoms with Crippen LogP contribution in [0.15, 0.2) is 12.2 Å². The SMILES string of the molecule is C=C1C2CCC3C1C(C2)C3(CN)CC(=O)O. The molecule has 0 saturated heterocycles. The lowest BCUT2D eigenvalue weighted by Gasteiger charge is -2.59. The number of carboxylic acids is 1. The van der Waals surface area contributed by atoms with E-state index in [1.807, 2.05) is 0 Å². The smallest absolute Gasteiger partial charge is 0.303 e. The van der Waals surface area contributed by atoms with E-state index in [9.17, 15) is 4.79 Å². The Bertz CT molecular complexity index is 357. The van der Waals surface area contributed by atoms with Crippen LogP contribution in [0.4, 0.5) is 0 Å². The normalized spacial score (nSPS) is 48.9. The predicted octanol–water partition coefficient (Wildman–Crippen LogP) is 1.64. The molecule has 16 heavy (non-hydrogen) atoms. The van der Waals surface area contributed by atoms with Crippen LogP contribution in [-0.2, 0) is 4.79 Å². The summed E-state index contributed by atoms with van der Waals surface area (Å²) in [6.07, 6.45) is 3.77. The van der Waals surface area contributed by atoms with Crippen molar-refractivity contribution in [2.75, 3.05) is 6.54 Å². The van der Waals surface area contributed by atoms with Crippen molar-refractivity contribution in [2.24, 2.45) is 34.8 Å². The topological polar surface area (TPSA) is 63.3 Å². The molecule has 3 rings (SSSR count). The van der Waals surface area contributed by atoms with Gasteiger partial charge in [0.15, 0.2) is 0 Å². The molecule has 5 unspecified atom stereocenters. The van der Waals surface area contributed by atoms with E-state index in [-0.39, 0.29) is 11.8 Å². The average Bonchev–Trinajstić information content (AvgIpc) is 2.44. The summed E-state index contributed by atoms with van der Waals surface area (Å²) in [7, 11) is 0. The fourth-order valence-electron chi connectivity index (χ4n) is 4.85. The van der Waals surface area contributed by atoms with E-state index in [0.717, 1.165) is 12.8 Å². The van der Waals surface area contributed by atoms with Crippen molar-refractivity contribution >= 4 is 5.97 Å². The zero-order chi connectivity index (χ0) is 11.5. The highest BCUT2D eigenvalue weighted by atomic mass is 16.4. The summed E-state index contributed by atoms with van der Waals surface area (Å²) in [6.45, 7) is 4.74. The maximum Gasteiger partial charge on any atom is 0.303 e. The van der Waals surface area contributed by atoms with Gasteiger partial charge in [0, 0.05) is 0 Å². The second-order valence-electron chi connectivity index (χ2n) is 5.83. The van der Waals surface area contributed by atoms with Crippen LogP contribution in [0.5, 0.6) is 0 Å². The van der Waals surface area contributed by atoms with Gasteiger partial charge in [0.25, 0.3) is 0 Å². The van der Waals surface area contributed by atoms with Gasteiger partial charge in [0.05, 0.1) is 6.42 Å². The largest absolute Gasteiger partial charge is 0.481 e. The first kappa shape index (κ1) is 10.3. The third kappa shape index (κ3) is 1.000. The van der Waals surface area contributed by atoms with Crippen molar-refractivity contribution in [2.45, 2.75) is 25.7 Å². The number of aliphatic carboxylic acids is 1. The van der Waals surface area contributed by atoms with Gasteiger partial charge in [-0.2, -0.15) is 0 Å². The van der Waals surface area contributed by atoms with E-state index in [4.69, 9.17) is 10.8 Å². The number of hydrogen-bond acceptors (Lipinski definition) is 2. The Kier molecular flexibility index (Phi) is 2.00. The molecule has 3 N–H and O–H groups in total. The summed E-state index contributed by atoms with van der Waals surface area (Å²) in [5.41, 5.74) is 7.20. The lowest BCUT2D eigenvalue weighted by molar-refractivity contribution is -0.153. The maximum absolute atomic E-state index is 11.0. The van der Waals surface area contributed by atoms with E-state index < -0.39 is 5.97 Å². The zero-order valence-electron chi connectivity index (χ0n) is 9.48. The zero-order valence-corrected chi connectivity index (χ0v) is 9.48. The molecule has 88 valence electrons. The molecule has 0 heterocycles. The van der Waals surface area contributed by atoms with Crippen LogP contribution in [0.2, 0.25) is 0 Å². The van der Waals surface area contributed by atoms with Crippen molar-refractivity contribution in [3.63, 3.8) is 0 Å². The molecule has 0 aromatic rings. The Labute approximate surface area is 95.7 Å². The minimum absolute atomic E-state index is 0.106. The number of carboxylic acid groups (broad SMARTS) is 1. The molecule has 5 atom stereocenters. The van der Waals surface area contributed by atoms with Gasteiger partial charge >= 0.3 is 5.97 Å². The molecule has 3 saturated carbocycles. The maximum atomic E-state index is 11.0. The first-order chi connectivity index (χ1) is 7.60. The van der Waals surface area contributed by atoms with E-state index in [1.54, 1.807) is 0 Å². The number of rotatable bonds is 3. The number of allylic oxidation sites excluding steroid dienone is 1. The van der Waals surface area contributed by atoms with Gasteiger partial charge in [-0.3, -0.25) is 4.79 Å². The fourth-order valence-corrected chi connectivity index (χ4v) is 4.85. The molecular weight excluding hydrogens is 202 g/mol. The summed E-state index contributed by atoms with van der Waals surface area (Å²) in [4.78, 5) is 11.0. The van der Waals surface area contributed by atoms with Crippen LogP contribution in [0.25, 0.3) is 0 Å². The quantitative estimate of drug-likeness (QED) is 0.712. The van der Waals surface area contributed by atoms with E-state index >= 15 is 0 Å². The first-order valence-electron chi connectivity index (χ1n) is 6.20. The van der Waals surface area contributed by atoms with Crippen molar-refractivity contribution < 1.29 is 9.90 Å². The van der Waals surface area contributed by atoms with Gasteiger partial charge in [-0.15, -0.1) is 0 Å². The molecule has 0 aromatic carbocycles. The van der Waals surface area contributed by atoms with Crippen LogP contribution in [0.3, 0.4) is 0 Å². The molecule has 3 heteroatoms. The summed E-state index contributed by atoms with van der Waals surface area (Å²) >= 11 is 0. The summed E-state index contributed by atoms with van der Waals surface area (Å²) in [5.74, 6) is 1.59. The fraction of sp³-hybridized carbons (Fsp3) is 0.769. The van der Waals surface area contributed by atoms with E-state index in [2.05, 4.69) is 6.58 Å². The number of fused-ring (bicyclic) bond motifs is 1. The Balaban J connectivity index is 1.93. The monoisotopic (exact) mass is 221 g/mol. The van der Waals surface area contributed by atoms with E-state index in [1.165, 1.54) is 12.0 Å². The predicted molar refractivity (Wildman–Crippen MR) is 60.7 cm³/mol. The average molecular weight is 221 g/mol. The Hall–Kier alpha value is -0.830. The summed E-state index contributed by atoms with van der Waals surface area (Å²) in [6, 6.07) is 0. The lowest BCUT2D eigenvalue weighted by atomic mass is 9.45. The van der Waals surface area contributed by atoms with Crippen molar-refractivity contribution in [1.29, 1.82) is 0 Å². The van der Waals surface area contributed by atoms with Crippen molar-refractivity contribution in [3.05, 3.63) is 12.2 Å². The van der Waals surface area contributed by atoms with E-state index in [0.29, 0.717) is 30.2 Å². The standard InChI is InChI=1S/C13H19NO2/c1-7-8-2-3-9-12(7)10(4-8)13(9,6-14)5-11(15)16/h8-10,12H,1-6,14H2,(H,15,16). The van der Waals surface area contributed by atoms with Crippen molar-refractivity contribution in [1.82, 2.24) is 0 Å². The summed E-state index contributed by atoms with van der Waals surface area (Å²) in [5, 5.41) is 9.08. The number of carbonyl (C=O) groups is 1. The highest BCUT2D eigenvalue weighted by molar-refractivity contribution is 5.68. The first-order valence-corrected chi connectivity index (χ1v) is 6.20. The molecule has 0 radical (unpaired) electrons. The second-order valence-corrected chi connectivity index (χ2v) is 5.83. The van der Waals surface area contributed by atoms with Crippen LogP contribution >= 0.6 is 0 Å². The molecule has 2 bridgehead atoms. The van der Waals surface area contributed by atoms with Gasteiger partial charge in [-0.25, -0.2) is 0 Å². The minimum Gasteiger partial charge on any atom is -0.481 e. The molecule has 3 fully saturated rings. The van der Waals surface area contributed by atoms with Gasteiger partial charge < -0.3 is 10.8 Å². The third-order valence-electron chi connectivity index (χ3n) is 5.52. The highest BCUT2D eigenvalue weighted by Crippen LogP contribution is 2.71. The number of hydrogen-bond donors (Lipinski definition) is 2. The minimum atomic E-state index is -0.690. The van der Waals surface area contributed by atoms with Crippen molar-refractivity contribution in [3.8, 4) is 0 Å². The highest BCUT2D eigenvalue weighted by Gasteiger charge is 2.67. The van der Waals surface area contributed by atoms with Gasteiger partial charge in [-0.1, -0.05) is 12.2 Å². The lowest BCUT2D eigenvalue weighted by Crippen LogP contribution is -2.59. The second kappa shape index (κ2) is 3.10. The molecule has 3 aliphatic rings. The van der Waals surface area contributed by atoms with Crippen LogP contribution < -0.4 is 5.73 Å². The Morgan fingerprint density at radius 1 is 1.50 bits per heavy atom. The van der Waals surface area contributed by atoms with Gasteiger partial charge in [0.1, 0.15) is 0 Å². The van der Waals surface area contributed by atoms with Crippen LogP contribution in [0.1, 0.15) is 25.7 Å². The van der Waals surface area contributed by atoms with Gasteiger partial charge in [-0.05, 0) is 54.9 Å². The third-order valence-corrected chi connectivity index (χ3v) is 5.52. The number of nitrogens with two attached hydrogens (primary N) is 1.